The fourth-order valence-corrected chi connectivity index (χ4v) is 4.24. The molecular formula is C29H39B2Br4N3O5. The smallest absolute Gasteiger partial charge is 0.454 e. The van der Waals surface area contributed by atoms with Crippen LogP contribution in [0, 0.1) is 0 Å². The molecule has 0 heterocycles. The number of hydrogen-bond acceptors (Lipinski definition) is 8. The van der Waals surface area contributed by atoms with Crippen molar-refractivity contribution in [1.29, 1.82) is 0 Å². The first-order chi connectivity index (χ1) is 20.4. The highest BCUT2D eigenvalue weighted by Crippen LogP contribution is 2.45. The molecule has 3 aliphatic carbocycles. The maximum atomic E-state index is 9.42. The van der Waals surface area contributed by atoms with E-state index in [1.807, 2.05) is 36.4 Å². The molecule has 3 aliphatic rings. The summed E-state index contributed by atoms with van der Waals surface area (Å²) in [5, 5.41) is 25.9. The number of nitrogens with two attached hydrogens (primary N) is 3. The second-order valence-electron chi connectivity index (χ2n) is 10.3. The fourth-order valence-electron chi connectivity index (χ4n) is 3.83. The zero-order valence-electron chi connectivity index (χ0n) is 24.2. The van der Waals surface area contributed by atoms with E-state index in [0.29, 0.717) is 23.0 Å². The molecule has 0 bridgehead atoms. The maximum absolute atomic E-state index is 9.42. The van der Waals surface area contributed by atoms with Gasteiger partial charge in [0.15, 0.2) is 0 Å². The van der Waals surface area contributed by atoms with Crippen LogP contribution in [0.1, 0.15) is 61.5 Å². The molecule has 8 nitrogen and oxygen atoms in total. The Balaban J connectivity index is 0.000000196. The van der Waals surface area contributed by atoms with Gasteiger partial charge in [-0.05, 0) is 94.7 Å². The minimum absolute atomic E-state index is 0.213. The highest BCUT2D eigenvalue weighted by Gasteiger charge is 2.33. The number of rotatable bonds is 5. The lowest BCUT2D eigenvalue weighted by atomic mass is 9.84. The molecule has 6 rings (SSSR count). The standard InChI is InChI=1S/C10H13NO.C9H11NO.C7H8BrNO.C3H7BO2.BBr3/c1-12-10-6-8(11)4-5-9(10)7-2-3-7;10-7-3-4-8(6-1-2-6)9(11)5-7;1-10-7-4-5(9)2-3-6(7)8;5-4(6)3-1-2-3;2-1(3)4/h4-7H,2-3,11H2,1H3;3-6,11H,1-2,10H2;2-4H,9H2,1H3;3,5-6H,1-2H2;. The quantitative estimate of drug-likeness (QED) is 0.112. The lowest BCUT2D eigenvalue weighted by molar-refractivity contribution is 0.403. The summed E-state index contributed by atoms with van der Waals surface area (Å²) in [7, 11) is 2.27. The van der Waals surface area contributed by atoms with Crippen molar-refractivity contribution >= 4 is 90.6 Å². The van der Waals surface area contributed by atoms with E-state index < -0.39 is 7.12 Å². The first-order valence-electron chi connectivity index (χ1n) is 13.7. The summed E-state index contributed by atoms with van der Waals surface area (Å²) >= 11 is 12.6. The lowest BCUT2D eigenvalue weighted by Crippen LogP contribution is -2.09. The highest BCUT2D eigenvalue weighted by atomic mass is 79.9. The molecule has 0 amide bonds. The zero-order valence-corrected chi connectivity index (χ0v) is 30.6. The zero-order chi connectivity index (χ0) is 32.1. The van der Waals surface area contributed by atoms with E-state index in [4.69, 9.17) is 36.7 Å². The summed E-state index contributed by atoms with van der Waals surface area (Å²) < 4.78 is 11.4. The van der Waals surface area contributed by atoms with Crippen molar-refractivity contribution in [3.05, 3.63) is 70.2 Å². The Morgan fingerprint density at radius 1 is 0.674 bits per heavy atom. The van der Waals surface area contributed by atoms with Gasteiger partial charge in [-0.1, -0.05) is 25.0 Å². The number of aromatic hydroxyl groups is 1. The molecule has 0 atom stereocenters. The molecule has 3 aromatic carbocycles. The highest BCUT2D eigenvalue weighted by molar-refractivity contribution is 9.69. The van der Waals surface area contributed by atoms with E-state index in [9.17, 15) is 5.11 Å². The van der Waals surface area contributed by atoms with E-state index in [1.54, 1.807) is 26.4 Å². The van der Waals surface area contributed by atoms with Gasteiger partial charge < -0.3 is 41.8 Å². The average molecular weight is 851 g/mol. The molecular weight excluding hydrogens is 812 g/mol. The molecule has 0 aliphatic heterocycles. The number of phenolic OH excluding ortho intramolecular Hbond substituents is 1. The lowest BCUT2D eigenvalue weighted by Gasteiger charge is -2.07. The van der Waals surface area contributed by atoms with Crippen molar-refractivity contribution in [3.8, 4) is 17.2 Å². The van der Waals surface area contributed by atoms with Crippen LogP contribution in [0.15, 0.2) is 59.1 Å². The number of benzene rings is 3. The van der Waals surface area contributed by atoms with Crippen molar-refractivity contribution < 1.29 is 24.6 Å². The maximum Gasteiger partial charge on any atom is 0.454 e. The van der Waals surface area contributed by atoms with E-state index >= 15 is 0 Å². The molecule has 0 spiro atoms. The van der Waals surface area contributed by atoms with Crippen LogP contribution in [0.25, 0.3) is 0 Å². The van der Waals surface area contributed by atoms with E-state index in [-0.39, 0.29) is 9.00 Å². The van der Waals surface area contributed by atoms with Crippen molar-refractivity contribution in [3.63, 3.8) is 0 Å². The molecule has 9 N–H and O–H groups in total. The molecule has 3 fully saturated rings. The number of anilines is 3. The van der Waals surface area contributed by atoms with Crippen LogP contribution < -0.4 is 26.7 Å². The number of methoxy groups -OCH3 is 2. The van der Waals surface area contributed by atoms with Gasteiger partial charge in [-0.3, -0.25) is 0 Å². The summed E-state index contributed by atoms with van der Waals surface area (Å²) in [6, 6.07) is 16.7. The fraction of sp³-hybridized carbons (Fsp3) is 0.379. The van der Waals surface area contributed by atoms with Crippen LogP contribution in [0.2, 0.25) is 5.82 Å². The van der Waals surface area contributed by atoms with Crippen molar-refractivity contribution in [1.82, 2.24) is 0 Å². The van der Waals surface area contributed by atoms with Gasteiger partial charge in [0.05, 0.1) is 18.7 Å². The first kappa shape index (κ1) is 37.6. The van der Waals surface area contributed by atoms with E-state index in [2.05, 4.69) is 69.3 Å². The van der Waals surface area contributed by atoms with Crippen molar-refractivity contribution in [2.45, 2.75) is 56.2 Å². The third-order valence-corrected chi connectivity index (χ3v) is 7.22. The average Bonchev–Trinajstić information content (AvgIpc) is 3.79. The Labute approximate surface area is 288 Å². The van der Waals surface area contributed by atoms with Crippen LogP contribution in [-0.4, -0.2) is 39.7 Å². The summed E-state index contributed by atoms with van der Waals surface area (Å²) in [6.45, 7) is 0. The van der Waals surface area contributed by atoms with Crippen molar-refractivity contribution in [2.24, 2.45) is 0 Å². The SMILES string of the molecule is BrB(Br)Br.COc1cc(N)ccc1Br.COc1cc(N)ccc1C1CC1.Nc1ccc(C2CC2)c(O)c1.OB(O)C1CC1. The number of phenols is 1. The Kier molecular flexibility index (Phi) is 16.7. The van der Waals surface area contributed by atoms with E-state index in [0.717, 1.165) is 46.0 Å². The predicted octanol–water partition coefficient (Wildman–Crippen LogP) is 7.83. The van der Waals surface area contributed by atoms with Crippen LogP contribution in [0.5, 0.6) is 17.2 Å². The topological polar surface area (TPSA) is 157 Å². The van der Waals surface area contributed by atoms with Gasteiger partial charge in [-0.25, -0.2) is 0 Å². The monoisotopic (exact) mass is 847 g/mol. The minimum Gasteiger partial charge on any atom is -0.508 e. The van der Waals surface area contributed by atoms with Gasteiger partial charge in [0.1, 0.15) is 17.2 Å². The molecule has 3 aromatic rings. The van der Waals surface area contributed by atoms with Crippen molar-refractivity contribution in [2.75, 3.05) is 31.4 Å². The summed E-state index contributed by atoms with van der Waals surface area (Å²) in [4.78, 5) is 0. The second kappa shape index (κ2) is 19.1. The number of ether oxygens (including phenoxy) is 2. The third-order valence-electron chi connectivity index (χ3n) is 6.57. The first-order valence-corrected chi connectivity index (χ1v) is 17.3. The van der Waals surface area contributed by atoms with Gasteiger partial charge in [-0.2, -0.15) is 0 Å². The van der Waals surface area contributed by atoms with Gasteiger partial charge in [0.2, 0.25) is 0 Å². The number of halogens is 4. The van der Waals surface area contributed by atoms with Crippen LogP contribution in [0.4, 0.5) is 17.1 Å². The Hall–Kier alpha value is -1.57. The minimum atomic E-state index is -1.04. The molecule has 234 valence electrons. The largest absolute Gasteiger partial charge is 0.508 e. The summed E-state index contributed by atoms with van der Waals surface area (Å²) in [5.74, 6) is 3.59. The third kappa shape index (κ3) is 15.3. The predicted molar refractivity (Wildman–Crippen MR) is 195 cm³/mol. The Bertz CT molecular complexity index is 1280. The molecule has 0 radical (unpaired) electrons. The molecule has 0 aromatic heterocycles. The number of nitrogen functional groups attached to an aromatic ring is 3. The van der Waals surface area contributed by atoms with Gasteiger partial charge >= 0.3 is 10.3 Å². The Morgan fingerprint density at radius 2 is 1.09 bits per heavy atom. The second-order valence-corrected chi connectivity index (χ2v) is 17.5. The number of hydrogen-bond donors (Lipinski definition) is 6. The molecule has 14 heteroatoms. The van der Waals surface area contributed by atoms with Gasteiger partial charge in [0.25, 0.3) is 0 Å². The van der Waals surface area contributed by atoms with Crippen LogP contribution in [-0.2, 0) is 0 Å². The molecule has 0 saturated heterocycles. The van der Waals surface area contributed by atoms with E-state index in [1.165, 1.54) is 31.2 Å². The summed E-state index contributed by atoms with van der Waals surface area (Å²) in [6.07, 6.45) is 6.99. The normalized spacial score (nSPS) is 14.5. The van der Waals surface area contributed by atoms with Gasteiger partial charge in [-0.15, -0.1) is 47.3 Å². The van der Waals surface area contributed by atoms with Gasteiger partial charge in [0, 0.05) is 35.3 Å². The molecule has 43 heavy (non-hydrogen) atoms. The summed E-state index contributed by atoms with van der Waals surface area (Å²) in [5.41, 5.74) is 21.1. The van der Waals surface area contributed by atoms with Crippen LogP contribution in [0.3, 0.4) is 0 Å². The molecule has 3 saturated carbocycles. The molecule has 0 unspecified atom stereocenters. The Morgan fingerprint density at radius 3 is 1.47 bits per heavy atom. The van der Waals surface area contributed by atoms with Crippen LogP contribution >= 0.6 is 63.2 Å².